The molecule has 0 saturated heterocycles. The van der Waals surface area contributed by atoms with Crippen molar-refractivity contribution in [3.63, 3.8) is 0 Å². The van der Waals surface area contributed by atoms with Gasteiger partial charge in [-0.25, -0.2) is 13.2 Å². The highest BCUT2D eigenvalue weighted by atomic mass is 19.2. The zero-order chi connectivity index (χ0) is 8.43. The number of halogens is 3. The number of hydrogen-bond acceptors (Lipinski definition) is 2. The van der Waals surface area contributed by atoms with Crippen molar-refractivity contribution in [1.82, 2.24) is 0 Å². The molecule has 0 radical (unpaired) electrons. The lowest BCUT2D eigenvalue weighted by atomic mass is 10.3. The molecular formula is C6H4F3NO2. The van der Waals surface area contributed by atoms with Gasteiger partial charge in [0.15, 0.2) is 17.5 Å². The smallest absolute Gasteiger partial charge is 0.194 e. The quantitative estimate of drug-likeness (QED) is 0.477. The Morgan fingerprint density at radius 3 is 1.83 bits per heavy atom. The van der Waals surface area contributed by atoms with Gasteiger partial charge < -0.3 is 5.48 Å². The van der Waals surface area contributed by atoms with Gasteiger partial charge in [-0.3, -0.25) is 0 Å². The van der Waals surface area contributed by atoms with Crippen LogP contribution < -0.4 is 0 Å². The first kappa shape index (κ1) is 10.6. The van der Waals surface area contributed by atoms with Crippen molar-refractivity contribution >= 4 is 5.69 Å². The SMILES string of the molecule is O.O=Nc1cc(F)c(F)c(F)c1. The van der Waals surface area contributed by atoms with Crippen LogP contribution in [0.4, 0.5) is 18.9 Å². The fourth-order valence-corrected chi connectivity index (χ4v) is 0.595. The van der Waals surface area contributed by atoms with Gasteiger partial charge >= 0.3 is 0 Å². The molecular weight excluding hydrogens is 175 g/mol. The summed E-state index contributed by atoms with van der Waals surface area (Å²) in [6.45, 7) is 0. The van der Waals surface area contributed by atoms with Gasteiger partial charge in [-0.2, -0.15) is 0 Å². The summed E-state index contributed by atoms with van der Waals surface area (Å²) in [5.74, 6) is -4.43. The van der Waals surface area contributed by atoms with Crippen molar-refractivity contribution < 1.29 is 18.6 Å². The summed E-state index contributed by atoms with van der Waals surface area (Å²) in [7, 11) is 0. The summed E-state index contributed by atoms with van der Waals surface area (Å²) in [5, 5.41) is 2.24. The minimum Gasteiger partial charge on any atom is -0.412 e. The van der Waals surface area contributed by atoms with E-state index in [0.29, 0.717) is 12.1 Å². The molecule has 1 aromatic rings. The Bertz CT molecular complexity index is 280. The highest BCUT2D eigenvalue weighted by Crippen LogP contribution is 2.18. The molecule has 6 heteroatoms. The highest BCUT2D eigenvalue weighted by molar-refractivity contribution is 5.37. The first-order valence-electron chi connectivity index (χ1n) is 2.63. The van der Waals surface area contributed by atoms with Crippen LogP contribution >= 0.6 is 0 Å². The lowest BCUT2D eigenvalue weighted by molar-refractivity contribution is 0.447. The molecule has 0 aliphatic rings. The molecule has 1 rings (SSSR count). The lowest BCUT2D eigenvalue weighted by Crippen LogP contribution is -1.88. The fraction of sp³-hybridized carbons (Fsp3) is 0. The predicted molar refractivity (Wildman–Crippen MR) is 35.4 cm³/mol. The van der Waals surface area contributed by atoms with Crippen LogP contribution in [0.15, 0.2) is 17.3 Å². The summed E-state index contributed by atoms with van der Waals surface area (Å²) in [5.41, 5.74) is -0.471. The van der Waals surface area contributed by atoms with E-state index < -0.39 is 23.1 Å². The summed E-state index contributed by atoms with van der Waals surface area (Å²) < 4.78 is 36.6. The molecule has 0 amide bonds. The molecule has 0 aromatic heterocycles. The Kier molecular flexibility index (Phi) is 3.36. The van der Waals surface area contributed by atoms with Crippen molar-refractivity contribution in [2.24, 2.45) is 5.18 Å². The molecule has 2 N–H and O–H groups in total. The third-order valence-corrected chi connectivity index (χ3v) is 1.07. The molecule has 0 atom stereocenters. The summed E-state index contributed by atoms with van der Waals surface area (Å²) >= 11 is 0. The van der Waals surface area contributed by atoms with Crippen molar-refractivity contribution in [2.45, 2.75) is 0 Å². The maximum absolute atomic E-state index is 12.2. The predicted octanol–water partition coefficient (Wildman–Crippen LogP) is 1.68. The number of hydrogen-bond donors (Lipinski definition) is 0. The van der Waals surface area contributed by atoms with E-state index in [2.05, 4.69) is 5.18 Å². The Morgan fingerprint density at radius 2 is 1.50 bits per heavy atom. The van der Waals surface area contributed by atoms with E-state index in [-0.39, 0.29) is 5.48 Å². The average Bonchev–Trinajstić information content (AvgIpc) is 1.99. The molecule has 0 spiro atoms. The Morgan fingerprint density at radius 1 is 1.08 bits per heavy atom. The monoisotopic (exact) mass is 179 g/mol. The normalized spacial score (nSPS) is 8.92. The molecule has 0 unspecified atom stereocenters. The van der Waals surface area contributed by atoms with E-state index in [1.807, 2.05) is 0 Å². The van der Waals surface area contributed by atoms with E-state index in [0.717, 1.165) is 0 Å². The van der Waals surface area contributed by atoms with Crippen molar-refractivity contribution in [1.29, 1.82) is 0 Å². The topological polar surface area (TPSA) is 60.9 Å². The van der Waals surface area contributed by atoms with Crippen LogP contribution in [0, 0.1) is 22.4 Å². The van der Waals surface area contributed by atoms with Gasteiger partial charge in [-0.1, -0.05) is 0 Å². The number of nitrogens with zero attached hydrogens (tertiary/aromatic N) is 1. The molecule has 1 aromatic carbocycles. The van der Waals surface area contributed by atoms with Gasteiger partial charge in [0.25, 0.3) is 0 Å². The Labute approximate surface area is 65.1 Å². The molecule has 66 valence electrons. The van der Waals surface area contributed by atoms with E-state index in [1.54, 1.807) is 0 Å². The van der Waals surface area contributed by atoms with Crippen molar-refractivity contribution in [2.75, 3.05) is 0 Å². The largest absolute Gasteiger partial charge is 0.412 e. The minimum absolute atomic E-state index is 0. The van der Waals surface area contributed by atoms with Gasteiger partial charge in [-0.15, -0.1) is 4.91 Å². The van der Waals surface area contributed by atoms with Crippen molar-refractivity contribution in [3.8, 4) is 0 Å². The summed E-state index contributed by atoms with van der Waals surface area (Å²) in [4.78, 5) is 9.72. The van der Waals surface area contributed by atoms with Gasteiger partial charge in [0.2, 0.25) is 0 Å². The zero-order valence-corrected chi connectivity index (χ0v) is 5.64. The third-order valence-electron chi connectivity index (χ3n) is 1.07. The molecule has 3 nitrogen and oxygen atoms in total. The molecule has 0 bridgehead atoms. The summed E-state index contributed by atoms with van der Waals surface area (Å²) in [6.07, 6.45) is 0. The highest BCUT2D eigenvalue weighted by Gasteiger charge is 2.09. The average molecular weight is 179 g/mol. The maximum Gasteiger partial charge on any atom is 0.194 e. The maximum atomic E-state index is 12.2. The standard InChI is InChI=1S/C6H2F3NO.H2O/c7-4-1-3(10-11)2-5(8)6(4)9;/h1-2H;1H2. The Hall–Kier alpha value is -1.43. The van der Waals surface area contributed by atoms with Crippen molar-refractivity contribution in [3.05, 3.63) is 34.5 Å². The van der Waals surface area contributed by atoms with E-state index in [9.17, 15) is 18.1 Å². The summed E-state index contributed by atoms with van der Waals surface area (Å²) in [6, 6.07) is 1.04. The number of benzene rings is 1. The Balaban J connectivity index is 0.00000121. The van der Waals surface area contributed by atoms with E-state index >= 15 is 0 Å². The van der Waals surface area contributed by atoms with E-state index in [4.69, 9.17) is 0 Å². The van der Waals surface area contributed by atoms with Gasteiger partial charge in [0.05, 0.1) is 0 Å². The third kappa shape index (κ3) is 1.79. The van der Waals surface area contributed by atoms with Gasteiger partial charge in [0.1, 0.15) is 5.69 Å². The van der Waals surface area contributed by atoms with Crippen LogP contribution in [0.2, 0.25) is 0 Å². The lowest BCUT2D eigenvalue weighted by Gasteiger charge is -1.93. The second kappa shape index (κ2) is 3.82. The molecule has 0 aliphatic carbocycles. The van der Waals surface area contributed by atoms with Crippen LogP contribution in [0.5, 0.6) is 0 Å². The van der Waals surface area contributed by atoms with Crippen LogP contribution in [0.25, 0.3) is 0 Å². The second-order valence-electron chi connectivity index (χ2n) is 1.81. The van der Waals surface area contributed by atoms with Crippen LogP contribution in [0.3, 0.4) is 0 Å². The zero-order valence-electron chi connectivity index (χ0n) is 5.64. The molecule has 0 heterocycles. The molecule has 12 heavy (non-hydrogen) atoms. The number of rotatable bonds is 1. The van der Waals surface area contributed by atoms with Crippen LogP contribution in [0.1, 0.15) is 0 Å². The molecule has 0 saturated carbocycles. The first-order valence-corrected chi connectivity index (χ1v) is 2.63. The fourth-order valence-electron chi connectivity index (χ4n) is 0.595. The number of nitroso groups, excluding NO2 is 1. The second-order valence-corrected chi connectivity index (χ2v) is 1.81. The minimum atomic E-state index is -1.60. The van der Waals surface area contributed by atoms with Gasteiger partial charge in [0, 0.05) is 12.1 Å². The first-order chi connectivity index (χ1) is 5.15. The van der Waals surface area contributed by atoms with Crippen LogP contribution in [-0.2, 0) is 0 Å². The van der Waals surface area contributed by atoms with Gasteiger partial charge in [-0.05, 0) is 5.18 Å². The molecule has 0 fully saturated rings. The molecule has 0 aliphatic heterocycles. The van der Waals surface area contributed by atoms with Crippen LogP contribution in [-0.4, -0.2) is 5.48 Å². The van der Waals surface area contributed by atoms with E-state index in [1.165, 1.54) is 0 Å².